The van der Waals surface area contributed by atoms with Crippen LogP contribution in [0.1, 0.15) is 21.9 Å². The molecule has 0 fully saturated rings. The Morgan fingerprint density at radius 2 is 1.91 bits per heavy atom. The van der Waals surface area contributed by atoms with Gasteiger partial charge < -0.3 is 5.11 Å². The maximum Gasteiger partial charge on any atom is 0.337 e. The third-order valence-corrected chi connectivity index (χ3v) is 5.30. The Morgan fingerprint density at radius 3 is 2.69 bits per heavy atom. The first kappa shape index (κ1) is 19.3. The van der Waals surface area contributed by atoms with Gasteiger partial charge in [-0.15, -0.1) is 0 Å². The van der Waals surface area contributed by atoms with Gasteiger partial charge in [-0.25, -0.2) is 19.2 Å². The molecule has 0 aliphatic rings. The number of aryl methyl sites for hydroxylation is 1. The van der Waals surface area contributed by atoms with Crippen LogP contribution in [0.5, 0.6) is 0 Å². The normalized spacial score (nSPS) is 11.0. The van der Waals surface area contributed by atoms with Crippen LogP contribution in [0.25, 0.3) is 38.8 Å². The van der Waals surface area contributed by atoms with Crippen LogP contribution in [-0.2, 0) is 0 Å². The molecule has 2 aromatic carbocycles. The lowest BCUT2D eigenvalue weighted by atomic mass is 10.0. The van der Waals surface area contributed by atoms with Gasteiger partial charge in [0.05, 0.1) is 27.7 Å². The van der Waals surface area contributed by atoms with Gasteiger partial charge in [0, 0.05) is 12.4 Å². The number of hydrogen-bond donors (Lipinski definition) is 1. The van der Waals surface area contributed by atoms with Crippen LogP contribution in [0.3, 0.4) is 0 Å². The lowest BCUT2D eigenvalue weighted by molar-refractivity contribution is 0.0699. The van der Waals surface area contributed by atoms with Gasteiger partial charge >= 0.3 is 5.97 Å². The second-order valence-corrected chi connectivity index (χ2v) is 7.20. The van der Waals surface area contributed by atoms with Crippen molar-refractivity contribution in [2.24, 2.45) is 0 Å². The summed E-state index contributed by atoms with van der Waals surface area (Å²) < 4.78 is 16.5. The molecule has 0 aliphatic carbocycles. The van der Waals surface area contributed by atoms with Crippen LogP contribution >= 0.6 is 0 Å². The zero-order chi connectivity index (χ0) is 22.4. The number of carboxylic acids is 1. The third kappa shape index (κ3) is 2.96. The molecule has 0 atom stereocenters. The van der Waals surface area contributed by atoms with E-state index < -0.39 is 11.8 Å². The van der Waals surface area contributed by atoms with Crippen LogP contribution in [0.2, 0.25) is 0 Å². The molecule has 7 nitrogen and oxygen atoms in total. The van der Waals surface area contributed by atoms with Crippen molar-refractivity contribution in [1.29, 1.82) is 5.26 Å². The summed E-state index contributed by atoms with van der Waals surface area (Å²) >= 11 is 0. The van der Waals surface area contributed by atoms with Crippen molar-refractivity contribution in [2.45, 2.75) is 6.92 Å². The van der Waals surface area contributed by atoms with Crippen LogP contribution in [0, 0.1) is 24.1 Å². The Balaban J connectivity index is 1.88. The molecule has 154 valence electrons. The van der Waals surface area contributed by atoms with Crippen molar-refractivity contribution in [3.8, 4) is 22.9 Å². The number of aromatic carboxylic acids is 1. The van der Waals surface area contributed by atoms with Gasteiger partial charge in [-0.05, 0) is 60.5 Å². The van der Waals surface area contributed by atoms with Crippen LogP contribution in [-0.4, -0.2) is 30.6 Å². The zero-order valence-electron chi connectivity index (χ0n) is 16.7. The highest BCUT2D eigenvalue weighted by molar-refractivity contribution is 6.04. The quantitative estimate of drug-likeness (QED) is 0.453. The molecule has 0 unspecified atom stereocenters. The molecule has 0 spiro atoms. The van der Waals surface area contributed by atoms with E-state index in [1.54, 1.807) is 54.1 Å². The van der Waals surface area contributed by atoms with E-state index in [1.165, 1.54) is 18.3 Å². The average Bonchev–Trinajstić information content (AvgIpc) is 3.13. The summed E-state index contributed by atoms with van der Waals surface area (Å²) in [5, 5.41) is 19.4. The van der Waals surface area contributed by atoms with Gasteiger partial charge in [0.25, 0.3) is 0 Å². The number of halogens is 1. The first-order valence-electron chi connectivity index (χ1n) is 9.64. The molecule has 0 aliphatic heterocycles. The highest BCUT2D eigenvalue weighted by Gasteiger charge is 2.21. The number of carbonyl (C=O) groups is 1. The number of nitrogens with zero attached hydrogens (tertiary/aromatic N) is 5. The molecule has 0 saturated carbocycles. The molecular weight excluding hydrogens is 409 g/mol. The van der Waals surface area contributed by atoms with E-state index in [9.17, 15) is 19.6 Å². The van der Waals surface area contributed by atoms with E-state index in [0.717, 1.165) is 0 Å². The minimum absolute atomic E-state index is 0.00787. The molecule has 3 heterocycles. The Morgan fingerprint density at radius 1 is 1.09 bits per heavy atom. The van der Waals surface area contributed by atoms with Crippen LogP contribution < -0.4 is 0 Å². The van der Waals surface area contributed by atoms with Crippen molar-refractivity contribution in [3.63, 3.8) is 0 Å². The lowest BCUT2D eigenvalue weighted by Gasteiger charge is -2.12. The highest BCUT2D eigenvalue weighted by atomic mass is 19.1. The van der Waals surface area contributed by atoms with Gasteiger partial charge in [-0.3, -0.25) is 9.55 Å². The fourth-order valence-electron chi connectivity index (χ4n) is 3.93. The second-order valence-electron chi connectivity index (χ2n) is 7.20. The molecular formula is C24H14FN5O2. The van der Waals surface area contributed by atoms with Gasteiger partial charge in [0.15, 0.2) is 0 Å². The van der Waals surface area contributed by atoms with Crippen molar-refractivity contribution in [1.82, 2.24) is 19.5 Å². The van der Waals surface area contributed by atoms with E-state index >= 15 is 0 Å². The van der Waals surface area contributed by atoms with E-state index in [1.807, 2.05) is 6.07 Å². The summed E-state index contributed by atoms with van der Waals surface area (Å²) in [5.74, 6) is -1.07. The number of carboxylic acid groups (broad SMARTS) is 1. The van der Waals surface area contributed by atoms with Crippen LogP contribution in [0.15, 0.2) is 60.9 Å². The number of fused-ring (bicyclic) bond motifs is 2. The van der Waals surface area contributed by atoms with Crippen LogP contribution in [0.4, 0.5) is 4.39 Å². The Labute approximate surface area is 181 Å². The Hall–Kier alpha value is -4.64. The fraction of sp³-hybridized carbons (Fsp3) is 0.0417. The molecule has 1 N–H and O–H groups in total. The van der Waals surface area contributed by atoms with Crippen molar-refractivity contribution in [3.05, 3.63) is 83.8 Å². The maximum atomic E-state index is 14.8. The van der Waals surface area contributed by atoms with E-state index in [2.05, 4.69) is 15.0 Å². The predicted octanol–water partition coefficient (Wildman–Crippen LogP) is 4.65. The second kappa shape index (κ2) is 7.25. The van der Waals surface area contributed by atoms with Gasteiger partial charge in [-0.2, -0.15) is 5.26 Å². The summed E-state index contributed by atoms with van der Waals surface area (Å²) in [6.07, 6.45) is 3.07. The lowest BCUT2D eigenvalue weighted by Crippen LogP contribution is -2.02. The largest absolute Gasteiger partial charge is 0.478 e. The first-order chi connectivity index (χ1) is 15.5. The standard InChI is InChI=1S/C24H14FN5O2/c1-13-29-23-17(24(31)32)10-15(14-5-7-27-16(9-14)12-26)11-21(23)30(13)20-6-8-28-19-4-2-3-18(25)22(19)20/h2-11H,1H3,(H,31,32). The predicted molar refractivity (Wildman–Crippen MR) is 116 cm³/mol. The molecule has 32 heavy (non-hydrogen) atoms. The zero-order valence-corrected chi connectivity index (χ0v) is 16.7. The highest BCUT2D eigenvalue weighted by Crippen LogP contribution is 2.33. The number of nitriles is 1. The monoisotopic (exact) mass is 423 g/mol. The number of pyridine rings is 2. The van der Waals surface area contributed by atoms with E-state index in [-0.39, 0.29) is 16.8 Å². The minimum atomic E-state index is -1.14. The summed E-state index contributed by atoms with van der Waals surface area (Å²) in [7, 11) is 0. The number of imidazole rings is 1. The average molecular weight is 423 g/mol. The fourth-order valence-corrected chi connectivity index (χ4v) is 3.93. The number of aromatic nitrogens is 4. The van der Waals surface area contributed by atoms with Crippen molar-refractivity contribution in [2.75, 3.05) is 0 Å². The summed E-state index contributed by atoms with van der Waals surface area (Å²) in [4.78, 5) is 24.8. The molecule has 0 saturated heterocycles. The summed E-state index contributed by atoms with van der Waals surface area (Å²) in [5.41, 5.74) is 3.21. The molecule has 5 rings (SSSR count). The third-order valence-electron chi connectivity index (χ3n) is 5.30. The summed E-state index contributed by atoms with van der Waals surface area (Å²) in [6, 6.07) is 14.9. The molecule has 0 bridgehead atoms. The van der Waals surface area contributed by atoms with Crippen molar-refractivity contribution < 1.29 is 14.3 Å². The van der Waals surface area contributed by atoms with Gasteiger partial charge in [0.1, 0.15) is 28.9 Å². The molecule has 0 amide bonds. The molecule has 3 aromatic heterocycles. The number of rotatable bonds is 3. The Kier molecular flexibility index (Phi) is 4.38. The minimum Gasteiger partial charge on any atom is -0.478 e. The van der Waals surface area contributed by atoms with E-state index in [0.29, 0.717) is 39.1 Å². The molecule has 8 heteroatoms. The smallest absolute Gasteiger partial charge is 0.337 e. The Bertz CT molecular complexity index is 1590. The van der Waals surface area contributed by atoms with Gasteiger partial charge in [0.2, 0.25) is 0 Å². The number of benzene rings is 2. The maximum absolute atomic E-state index is 14.8. The molecule has 0 radical (unpaired) electrons. The topological polar surface area (TPSA) is 105 Å². The molecule has 5 aromatic rings. The number of hydrogen-bond acceptors (Lipinski definition) is 5. The summed E-state index contributed by atoms with van der Waals surface area (Å²) in [6.45, 7) is 1.73. The SMILES string of the molecule is Cc1nc2c(C(=O)O)cc(-c3ccnc(C#N)c3)cc2n1-c1ccnc2cccc(F)c12. The first-order valence-corrected chi connectivity index (χ1v) is 9.64. The van der Waals surface area contributed by atoms with Gasteiger partial charge in [-0.1, -0.05) is 6.07 Å². The van der Waals surface area contributed by atoms with E-state index in [4.69, 9.17) is 0 Å². The van der Waals surface area contributed by atoms with Crippen molar-refractivity contribution >= 4 is 27.9 Å².